The quantitative estimate of drug-likeness (QED) is 0.465. The predicted molar refractivity (Wildman–Crippen MR) is 121 cm³/mol. The van der Waals surface area contributed by atoms with Gasteiger partial charge in [0.1, 0.15) is 11.0 Å². The molecular formula is C22H20Cl2N2O5S. The molecule has 0 spiro atoms. The minimum absolute atomic E-state index is 0.0185. The highest BCUT2D eigenvalue weighted by Crippen LogP contribution is 2.29. The maximum Gasteiger partial charge on any atom is 0.309 e. The van der Waals surface area contributed by atoms with Crippen LogP contribution in [0.5, 0.6) is 0 Å². The van der Waals surface area contributed by atoms with Crippen molar-refractivity contribution in [2.24, 2.45) is 0 Å². The van der Waals surface area contributed by atoms with Crippen molar-refractivity contribution in [2.45, 2.75) is 16.6 Å². The Morgan fingerprint density at radius 3 is 2.06 bits per heavy atom. The van der Waals surface area contributed by atoms with E-state index in [4.69, 9.17) is 27.6 Å². The van der Waals surface area contributed by atoms with Crippen LogP contribution in [0.1, 0.15) is 16.6 Å². The van der Waals surface area contributed by atoms with Crippen LogP contribution in [0.15, 0.2) is 76.2 Å². The van der Waals surface area contributed by atoms with E-state index in [1.165, 1.54) is 36.6 Å². The van der Waals surface area contributed by atoms with Crippen LogP contribution in [0.2, 0.25) is 10.0 Å². The highest BCUT2D eigenvalue weighted by Gasteiger charge is 2.32. The lowest BCUT2D eigenvalue weighted by atomic mass is 10.1. The largest absolute Gasteiger partial charge is 0.468 e. The van der Waals surface area contributed by atoms with E-state index in [9.17, 15) is 18.0 Å². The second-order valence-corrected chi connectivity index (χ2v) is 9.85. The number of carbonyl (C=O) groups excluding carboxylic acids is 2. The summed E-state index contributed by atoms with van der Waals surface area (Å²) in [6.07, 6.45) is 1.85. The van der Waals surface area contributed by atoms with Gasteiger partial charge in [0.15, 0.2) is 9.84 Å². The molecule has 168 valence electrons. The number of nitrogens with one attached hydrogen (secondary N) is 2. The summed E-state index contributed by atoms with van der Waals surface area (Å²) in [5, 5.41) is 4.67. The third-order valence-corrected chi connectivity index (χ3v) is 7.23. The summed E-state index contributed by atoms with van der Waals surface area (Å²) in [5.41, 5.74) is 0.946. The van der Waals surface area contributed by atoms with Gasteiger partial charge in [0, 0.05) is 23.1 Å². The minimum atomic E-state index is -3.93. The Kier molecular flexibility index (Phi) is 7.95. The topological polar surface area (TPSA) is 105 Å². The summed E-state index contributed by atoms with van der Waals surface area (Å²) in [5.74, 6) is -1.66. The van der Waals surface area contributed by atoms with Crippen molar-refractivity contribution in [2.75, 3.05) is 13.1 Å². The average molecular weight is 495 g/mol. The number of carbonyl (C=O) groups is 2. The van der Waals surface area contributed by atoms with E-state index in [0.717, 1.165) is 5.56 Å². The minimum Gasteiger partial charge on any atom is -0.468 e. The Bertz CT molecular complexity index is 1160. The molecule has 1 aromatic heterocycles. The smallest absolute Gasteiger partial charge is 0.309 e. The van der Waals surface area contributed by atoms with Gasteiger partial charge in [-0.2, -0.15) is 0 Å². The molecule has 0 radical (unpaired) electrons. The van der Waals surface area contributed by atoms with Crippen LogP contribution >= 0.6 is 23.2 Å². The maximum absolute atomic E-state index is 13.1. The number of sulfone groups is 1. The lowest BCUT2D eigenvalue weighted by molar-refractivity contribution is -0.139. The number of hydrogen-bond acceptors (Lipinski definition) is 5. The highest BCUT2D eigenvalue weighted by atomic mass is 35.5. The first-order valence-electron chi connectivity index (χ1n) is 9.60. The molecule has 32 heavy (non-hydrogen) atoms. The molecule has 0 fully saturated rings. The van der Waals surface area contributed by atoms with E-state index in [0.29, 0.717) is 16.5 Å². The SMILES string of the molecule is O=C(NCCc1ccc(Cl)cc1)C(=O)NC[C@H](c1ccco1)S(=O)(=O)c1ccc(Cl)cc1. The van der Waals surface area contributed by atoms with E-state index in [1.54, 1.807) is 18.2 Å². The molecule has 0 saturated carbocycles. The second kappa shape index (κ2) is 10.7. The summed E-state index contributed by atoms with van der Waals surface area (Å²) in [6.45, 7) is -0.111. The maximum atomic E-state index is 13.1. The van der Waals surface area contributed by atoms with Crippen LogP contribution in [-0.2, 0) is 25.8 Å². The summed E-state index contributed by atoms with van der Waals surface area (Å²) in [7, 11) is -3.93. The molecule has 0 unspecified atom stereocenters. The molecule has 2 N–H and O–H groups in total. The molecule has 3 rings (SSSR count). The Labute approximate surface area is 195 Å². The third-order valence-electron chi connectivity index (χ3n) is 4.64. The predicted octanol–water partition coefficient (Wildman–Crippen LogP) is 3.58. The molecule has 0 aliphatic heterocycles. The van der Waals surface area contributed by atoms with Crippen LogP contribution in [0.3, 0.4) is 0 Å². The van der Waals surface area contributed by atoms with Crippen molar-refractivity contribution in [3.05, 3.63) is 88.3 Å². The number of hydrogen-bond donors (Lipinski definition) is 2. The molecule has 0 aliphatic rings. The van der Waals surface area contributed by atoms with Gasteiger partial charge in [-0.1, -0.05) is 35.3 Å². The van der Waals surface area contributed by atoms with E-state index >= 15 is 0 Å². The molecule has 1 heterocycles. The summed E-state index contributed by atoms with van der Waals surface area (Å²) < 4.78 is 31.5. The summed E-state index contributed by atoms with van der Waals surface area (Å²) >= 11 is 11.7. The van der Waals surface area contributed by atoms with E-state index in [-0.39, 0.29) is 23.7 Å². The van der Waals surface area contributed by atoms with Gasteiger partial charge in [0.05, 0.1) is 11.2 Å². The molecule has 2 aromatic carbocycles. The lowest BCUT2D eigenvalue weighted by Crippen LogP contribution is -2.42. The van der Waals surface area contributed by atoms with Gasteiger partial charge in [-0.25, -0.2) is 8.42 Å². The fourth-order valence-corrected chi connectivity index (χ4v) is 4.78. The normalized spacial score (nSPS) is 12.2. The Morgan fingerprint density at radius 1 is 0.875 bits per heavy atom. The molecule has 7 nitrogen and oxygen atoms in total. The van der Waals surface area contributed by atoms with Gasteiger partial charge >= 0.3 is 11.8 Å². The Hall–Kier alpha value is -2.81. The zero-order valence-corrected chi connectivity index (χ0v) is 19.1. The number of halogens is 2. The van der Waals surface area contributed by atoms with E-state index in [1.807, 2.05) is 12.1 Å². The van der Waals surface area contributed by atoms with E-state index < -0.39 is 26.9 Å². The molecule has 10 heteroatoms. The van der Waals surface area contributed by atoms with Gasteiger partial charge in [0.25, 0.3) is 0 Å². The fourth-order valence-electron chi connectivity index (χ4n) is 2.94. The van der Waals surface area contributed by atoms with Crippen LogP contribution in [0.4, 0.5) is 0 Å². The average Bonchev–Trinajstić information content (AvgIpc) is 3.29. The van der Waals surface area contributed by atoms with Gasteiger partial charge in [-0.05, 0) is 60.5 Å². The summed E-state index contributed by atoms with van der Waals surface area (Å²) in [4.78, 5) is 24.4. The third kappa shape index (κ3) is 6.12. The van der Waals surface area contributed by atoms with Gasteiger partial charge in [-0.3, -0.25) is 9.59 Å². The lowest BCUT2D eigenvalue weighted by Gasteiger charge is -2.16. The molecular weight excluding hydrogens is 475 g/mol. The summed E-state index contributed by atoms with van der Waals surface area (Å²) in [6, 6.07) is 15.8. The van der Waals surface area contributed by atoms with Crippen molar-refractivity contribution in [1.82, 2.24) is 10.6 Å². The van der Waals surface area contributed by atoms with Gasteiger partial charge in [0.2, 0.25) is 0 Å². The molecule has 0 bridgehead atoms. The highest BCUT2D eigenvalue weighted by molar-refractivity contribution is 7.91. The Morgan fingerprint density at radius 2 is 1.47 bits per heavy atom. The molecule has 0 aliphatic carbocycles. The number of rotatable bonds is 8. The number of furan rings is 1. The van der Waals surface area contributed by atoms with Crippen LogP contribution < -0.4 is 10.6 Å². The zero-order chi connectivity index (χ0) is 23.1. The van der Waals surface area contributed by atoms with E-state index in [2.05, 4.69) is 10.6 Å². The number of amides is 2. The molecule has 0 saturated heterocycles. The fraction of sp³-hybridized carbons (Fsp3) is 0.182. The van der Waals surface area contributed by atoms with Crippen molar-refractivity contribution in [3.8, 4) is 0 Å². The first-order chi connectivity index (χ1) is 15.3. The van der Waals surface area contributed by atoms with Crippen molar-refractivity contribution >= 4 is 44.9 Å². The monoisotopic (exact) mass is 494 g/mol. The van der Waals surface area contributed by atoms with Crippen molar-refractivity contribution in [1.29, 1.82) is 0 Å². The number of benzene rings is 2. The Balaban J connectivity index is 1.61. The van der Waals surface area contributed by atoms with Gasteiger partial charge in [-0.15, -0.1) is 0 Å². The van der Waals surface area contributed by atoms with Crippen molar-refractivity contribution in [3.63, 3.8) is 0 Å². The van der Waals surface area contributed by atoms with Crippen LogP contribution in [0.25, 0.3) is 0 Å². The molecule has 2 amide bonds. The van der Waals surface area contributed by atoms with Crippen LogP contribution in [0, 0.1) is 0 Å². The molecule has 3 aromatic rings. The van der Waals surface area contributed by atoms with Crippen LogP contribution in [-0.4, -0.2) is 33.3 Å². The second-order valence-electron chi connectivity index (χ2n) is 6.85. The standard InChI is InChI=1S/C22H20Cl2N2O5S/c23-16-5-3-15(4-6-16)11-12-25-21(27)22(28)26-14-20(19-2-1-13-31-19)32(29,30)18-9-7-17(24)8-10-18/h1-10,13,20H,11-12,14H2,(H,25,27)(H,26,28)/t20-/m1/s1. The van der Waals surface area contributed by atoms with Crippen molar-refractivity contribution < 1.29 is 22.4 Å². The zero-order valence-electron chi connectivity index (χ0n) is 16.8. The van der Waals surface area contributed by atoms with Gasteiger partial charge < -0.3 is 15.1 Å². The molecule has 1 atom stereocenters. The first kappa shape index (κ1) is 23.8. The first-order valence-corrected chi connectivity index (χ1v) is 11.9.